The quantitative estimate of drug-likeness (QED) is 0.763. The molecule has 1 rings (SSSR count). The number of aryl methyl sites for hydroxylation is 1. The van der Waals surface area contributed by atoms with Gasteiger partial charge in [-0.25, -0.2) is 0 Å². The Morgan fingerprint density at radius 1 is 1.38 bits per heavy atom. The smallest absolute Gasteiger partial charge is 0.303 e. The molecule has 0 aliphatic heterocycles. The molecule has 0 saturated heterocycles. The van der Waals surface area contributed by atoms with Crippen molar-refractivity contribution in [2.24, 2.45) is 11.8 Å². The molecule has 0 bridgehead atoms. The van der Waals surface area contributed by atoms with Crippen molar-refractivity contribution in [1.82, 2.24) is 0 Å². The Morgan fingerprint density at radius 3 is 2.62 bits per heavy atom. The van der Waals surface area contributed by atoms with E-state index in [2.05, 4.69) is 25.2 Å². The summed E-state index contributed by atoms with van der Waals surface area (Å²) in [6, 6.07) is 7.86. The van der Waals surface area contributed by atoms with Crippen molar-refractivity contribution in [2.75, 3.05) is 11.9 Å². The van der Waals surface area contributed by atoms with Gasteiger partial charge < -0.3 is 10.4 Å². The van der Waals surface area contributed by atoms with Crippen LogP contribution in [0.4, 0.5) is 5.69 Å². The van der Waals surface area contributed by atoms with Crippen LogP contribution in [0.1, 0.15) is 44.2 Å². The molecule has 0 amide bonds. The second-order valence-electron chi connectivity index (χ2n) is 5.79. The summed E-state index contributed by atoms with van der Waals surface area (Å²) in [7, 11) is 0. The molecule has 1 aromatic carbocycles. The number of nitrogens with zero attached hydrogens (tertiary/aromatic N) is 1. The first-order chi connectivity index (χ1) is 9.93. The minimum atomic E-state index is -0.726. The zero-order chi connectivity index (χ0) is 15.8. The number of carboxylic acids is 1. The Balaban J connectivity index is 2.48. The molecule has 0 aromatic heterocycles. The van der Waals surface area contributed by atoms with Gasteiger partial charge in [0.15, 0.2) is 0 Å². The van der Waals surface area contributed by atoms with Crippen molar-refractivity contribution < 1.29 is 9.90 Å². The Labute approximate surface area is 126 Å². The standard InChI is InChI=1S/C17H24N2O2/c1-12(2)14(5-7-17(20)21)8-9-19-16-6-4-15(11-18)13(3)10-16/h4,6,10,12,14,19H,5,7-9H2,1-3H3,(H,20,21). The first kappa shape index (κ1) is 17.0. The Kier molecular flexibility index (Phi) is 6.74. The number of nitriles is 1. The summed E-state index contributed by atoms with van der Waals surface area (Å²) in [6.45, 7) is 7.01. The van der Waals surface area contributed by atoms with E-state index >= 15 is 0 Å². The zero-order valence-electron chi connectivity index (χ0n) is 13.0. The maximum Gasteiger partial charge on any atom is 0.303 e. The highest BCUT2D eigenvalue weighted by atomic mass is 16.4. The van der Waals surface area contributed by atoms with Crippen molar-refractivity contribution in [2.45, 2.75) is 40.0 Å². The summed E-state index contributed by atoms with van der Waals surface area (Å²) < 4.78 is 0. The van der Waals surface area contributed by atoms with E-state index in [-0.39, 0.29) is 6.42 Å². The molecule has 0 aliphatic carbocycles. The Hall–Kier alpha value is -2.02. The molecule has 2 N–H and O–H groups in total. The van der Waals surface area contributed by atoms with Gasteiger partial charge in [-0.05, 0) is 55.4 Å². The topological polar surface area (TPSA) is 73.1 Å². The van der Waals surface area contributed by atoms with E-state index in [1.807, 2.05) is 25.1 Å². The molecule has 0 radical (unpaired) electrons. The van der Waals surface area contributed by atoms with Crippen molar-refractivity contribution >= 4 is 11.7 Å². The maximum atomic E-state index is 10.7. The van der Waals surface area contributed by atoms with Gasteiger partial charge in [-0.2, -0.15) is 5.26 Å². The van der Waals surface area contributed by atoms with Crippen LogP contribution in [-0.2, 0) is 4.79 Å². The Morgan fingerprint density at radius 2 is 2.10 bits per heavy atom. The van der Waals surface area contributed by atoms with Crippen molar-refractivity contribution in [3.8, 4) is 6.07 Å². The number of benzene rings is 1. The lowest BCUT2D eigenvalue weighted by atomic mass is 9.88. The second kappa shape index (κ2) is 8.31. The molecule has 1 atom stereocenters. The van der Waals surface area contributed by atoms with Gasteiger partial charge >= 0.3 is 5.97 Å². The predicted molar refractivity (Wildman–Crippen MR) is 84.2 cm³/mol. The fraction of sp³-hybridized carbons (Fsp3) is 0.529. The number of hydrogen-bond donors (Lipinski definition) is 2. The largest absolute Gasteiger partial charge is 0.481 e. The summed E-state index contributed by atoms with van der Waals surface area (Å²) in [6.07, 6.45) is 1.91. The normalized spacial score (nSPS) is 12.0. The number of nitrogens with one attached hydrogen (secondary N) is 1. The van der Waals surface area contributed by atoms with E-state index in [1.54, 1.807) is 0 Å². The first-order valence-corrected chi connectivity index (χ1v) is 7.40. The average molecular weight is 288 g/mol. The lowest BCUT2D eigenvalue weighted by molar-refractivity contribution is -0.137. The van der Waals surface area contributed by atoms with Crippen LogP contribution >= 0.6 is 0 Å². The van der Waals surface area contributed by atoms with Crippen LogP contribution < -0.4 is 5.32 Å². The monoisotopic (exact) mass is 288 g/mol. The summed E-state index contributed by atoms with van der Waals surface area (Å²) >= 11 is 0. The SMILES string of the molecule is Cc1cc(NCCC(CCC(=O)O)C(C)C)ccc1C#N. The molecule has 4 heteroatoms. The van der Waals surface area contributed by atoms with E-state index in [9.17, 15) is 4.79 Å². The van der Waals surface area contributed by atoms with Crippen LogP contribution in [0.3, 0.4) is 0 Å². The van der Waals surface area contributed by atoms with Crippen molar-refractivity contribution in [3.63, 3.8) is 0 Å². The number of carbonyl (C=O) groups is 1. The second-order valence-corrected chi connectivity index (χ2v) is 5.79. The minimum absolute atomic E-state index is 0.235. The number of rotatable bonds is 8. The fourth-order valence-corrected chi connectivity index (χ4v) is 2.42. The Bertz CT molecular complexity index is 518. The highest BCUT2D eigenvalue weighted by Gasteiger charge is 2.14. The molecule has 4 nitrogen and oxygen atoms in total. The highest BCUT2D eigenvalue weighted by molar-refractivity contribution is 5.66. The third kappa shape index (κ3) is 5.86. The van der Waals surface area contributed by atoms with Gasteiger partial charge in [0.1, 0.15) is 0 Å². The van der Waals surface area contributed by atoms with E-state index in [0.29, 0.717) is 17.4 Å². The molecule has 1 unspecified atom stereocenters. The van der Waals surface area contributed by atoms with Gasteiger partial charge in [0.25, 0.3) is 0 Å². The molecule has 0 saturated carbocycles. The van der Waals surface area contributed by atoms with Crippen LogP contribution in [-0.4, -0.2) is 17.6 Å². The summed E-state index contributed by atoms with van der Waals surface area (Å²) in [5.74, 6) is 0.165. The molecule has 0 fully saturated rings. The molecule has 0 spiro atoms. The van der Waals surface area contributed by atoms with Gasteiger partial charge in [-0.3, -0.25) is 4.79 Å². The highest BCUT2D eigenvalue weighted by Crippen LogP contribution is 2.22. The van der Waals surface area contributed by atoms with Gasteiger partial charge in [0, 0.05) is 18.7 Å². The van der Waals surface area contributed by atoms with Crippen molar-refractivity contribution in [1.29, 1.82) is 5.26 Å². The lowest BCUT2D eigenvalue weighted by Crippen LogP contribution is -2.15. The van der Waals surface area contributed by atoms with Crippen LogP contribution in [0.5, 0.6) is 0 Å². The third-order valence-electron chi connectivity index (χ3n) is 3.86. The van der Waals surface area contributed by atoms with Crippen LogP contribution in [0.25, 0.3) is 0 Å². The van der Waals surface area contributed by atoms with E-state index in [1.165, 1.54) is 0 Å². The molecular weight excluding hydrogens is 264 g/mol. The number of aliphatic carboxylic acids is 1. The first-order valence-electron chi connectivity index (χ1n) is 7.40. The van der Waals surface area contributed by atoms with E-state index in [0.717, 1.165) is 30.6 Å². The van der Waals surface area contributed by atoms with Crippen molar-refractivity contribution in [3.05, 3.63) is 29.3 Å². The lowest BCUT2D eigenvalue weighted by Gasteiger charge is -2.20. The summed E-state index contributed by atoms with van der Waals surface area (Å²) in [4.78, 5) is 10.7. The minimum Gasteiger partial charge on any atom is -0.481 e. The number of hydrogen-bond acceptors (Lipinski definition) is 3. The molecule has 1 aromatic rings. The van der Waals surface area contributed by atoms with E-state index < -0.39 is 5.97 Å². The molecule has 0 aliphatic rings. The van der Waals surface area contributed by atoms with Crippen LogP contribution in [0.15, 0.2) is 18.2 Å². The molecule has 0 heterocycles. The fourth-order valence-electron chi connectivity index (χ4n) is 2.42. The van der Waals surface area contributed by atoms with Crippen LogP contribution in [0, 0.1) is 30.1 Å². The summed E-state index contributed by atoms with van der Waals surface area (Å²) in [5, 5.41) is 21.0. The third-order valence-corrected chi connectivity index (χ3v) is 3.86. The maximum absolute atomic E-state index is 10.7. The number of anilines is 1. The van der Waals surface area contributed by atoms with Crippen LogP contribution in [0.2, 0.25) is 0 Å². The zero-order valence-corrected chi connectivity index (χ0v) is 13.0. The van der Waals surface area contributed by atoms with Gasteiger partial charge in [0.2, 0.25) is 0 Å². The predicted octanol–water partition coefficient (Wildman–Crippen LogP) is 3.81. The van der Waals surface area contributed by atoms with Gasteiger partial charge in [-0.15, -0.1) is 0 Å². The van der Waals surface area contributed by atoms with Gasteiger partial charge in [-0.1, -0.05) is 13.8 Å². The number of carboxylic acid groups (broad SMARTS) is 1. The van der Waals surface area contributed by atoms with Gasteiger partial charge in [0.05, 0.1) is 11.6 Å². The molecular formula is C17H24N2O2. The molecule has 21 heavy (non-hydrogen) atoms. The van der Waals surface area contributed by atoms with E-state index in [4.69, 9.17) is 10.4 Å². The average Bonchev–Trinajstić information content (AvgIpc) is 2.42. The molecule has 114 valence electrons. The summed E-state index contributed by atoms with van der Waals surface area (Å²) in [5.41, 5.74) is 2.67.